The molecule has 1 atom stereocenters. The van der Waals surface area contributed by atoms with E-state index in [-0.39, 0.29) is 6.10 Å². The molecule has 0 aromatic heterocycles. The van der Waals surface area contributed by atoms with Gasteiger partial charge in [0.25, 0.3) is 0 Å². The van der Waals surface area contributed by atoms with Crippen molar-refractivity contribution >= 4 is 0 Å². The summed E-state index contributed by atoms with van der Waals surface area (Å²) in [6.45, 7) is 3.71. The first kappa shape index (κ1) is 11.6. The van der Waals surface area contributed by atoms with E-state index in [0.29, 0.717) is 11.5 Å². The lowest BCUT2D eigenvalue weighted by Gasteiger charge is -2.14. The summed E-state index contributed by atoms with van der Waals surface area (Å²) in [6.07, 6.45) is 1.62. The minimum atomic E-state index is -0.121. The zero-order valence-corrected chi connectivity index (χ0v) is 9.32. The Morgan fingerprint density at radius 1 is 1.13 bits per heavy atom. The predicted molar refractivity (Wildman–Crippen MR) is 59.5 cm³/mol. The second-order valence-corrected chi connectivity index (χ2v) is 3.01. The third-order valence-corrected chi connectivity index (χ3v) is 2.20. The van der Waals surface area contributed by atoms with E-state index in [0.717, 1.165) is 5.56 Å². The van der Waals surface area contributed by atoms with Crippen LogP contribution in [-0.2, 0) is 4.74 Å². The molecule has 0 heterocycles. The van der Waals surface area contributed by atoms with Crippen LogP contribution in [0.3, 0.4) is 0 Å². The minimum absolute atomic E-state index is 0.121. The molecule has 0 N–H and O–H groups in total. The Morgan fingerprint density at radius 2 is 1.80 bits per heavy atom. The molecule has 1 unspecified atom stereocenters. The highest BCUT2D eigenvalue weighted by Crippen LogP contribution is 2.31. The van der Waals surface area contributed by atoms with Crippen LogP contribution >= 0.6 is 0 Å². The van der Waals surface area contributed by atoms with E-state index in [2.05, 4.69) is 6.58 Å². The van der Waals surface area contributed by atoms with Crippen molar-refractivity contribution in [2.45, 2.75) is 6.10 Å². The number of hydrogen-bond donors (Lipinski definition) is 0. The van der Waals surface area contributed by atoms with Crippen molar-refractivity contribution in [3.8, 4) is 11.5 Å². The first-order chi connectivity index (χ1) is 7.26. The first-order valence-electron chi connectivity index (χ1n) is 4.64. The summed E-state index contributed by atoms with van der Waals surface area (Å²) in [4.78, 5) is 0. The molecule has 0 radical (unpaired) electrons. The highest BCUT2D eigenvalue weighted by molar-refractivity contribution is 5.44. The molecule has 82 valence electrons. The van der Waals surface area contributed by atoms with Crippen LogP contribution in [-0.4, -0.2) is 21.3 Å². The molecule has 0 aliphatic rings. The lowest BCUT2D eigenvalue weighted by molar-refractivity contribution is 0.142. The van der Waals surface area contributed by atoms with Crippen LogP contribution in [0.5, 0.6) is 11.5 Å². The average Bonchev–Trinajstić information content (AvgIpc) is 2.30. The van der Waals surface area contributed by atoms with Crippen LogP contribution in [0.15, 0.2) is 30.9 Å². The molecule has 0 fully saturated rings. The van der Waals surface area contributed by atoms with E-state index >= 15 is 0 Å². The molecule has 0 bridgehead atoms. The second-order valence-electron chi connectivity index (χ2n) is 3.01. The van der Waals surface area contributed by atoms with Crippen molar-refractivity contribution in [2.24, 2.45) is 0 Å². The molecular weight excluding hydrogens is 192 g/mol. The van der Waals surface area contributed by atoms with E-state index < -0.39 is 0 Å². The summed E-state index contributed by atoms with van der Waals surface area (Å²) in [6, 6.07) is 5.66. The maximum absolute atomic E-state index is 5.24. The number of rotatable bonds is 5. The van der Waals surface area contributed by atoms with Crippen molar-refractivity contribution in [1.29, 1.82) is 0 Å². The normalized spacial score (nSPS) is 11.9. The van der Waals surface area contributed by atoms with Gasteiger partial charge < -0.3 is 14.2 Å². The van der Waals surface area contributed by atoms with Gasteiger partial charge in [-0.2, -0.15) is 0 Å². The topological polar surface area (TPSA) is 27.7 Å². The van der Waals surface area contributed by atoms with Crippen molar-refractivity contribution in [2.75, 3.05) is 21.3 Å². The highest BCUT2D eigenvalue weighted by atomic mass is 16.5. The lowest BCUT2D eigenvalue weighted by atomic mass is 10.1. The van der Waals surface area contributed by atoms with Gasteiger partial charge in [-0.1, -0.05) is 12.1 Å². The van der Waals surface area contributed by atoms with E-state index in [9.17, 15) is 0 Å². The maximum atomic E-state index is 5.24. The quantitative estimate of drug-likeness (QED) is 0.696. The molecule has 1 aromatic carbocycles. The monoisotopic (exact) mass is 208 g/mol. The third kappa shape index (κ3) is 2.50. The SMILES string of the molecule is C=CC(OC)c1ccc(OC)c(OC)c1. The summed E-state index contributed by atoms with van der Waals surface area (Å²) in [5, 5.41) is 0. The van der Waals surface area contributed by atoms with Crippen molar-refractivity contribution in [1.82, 2.24) is 0 Å². The van der Waals surface area contributed by atoms with Gasteiger partial charge >= 0.3 is 0 Å². The Morgan fingerprint density at radius 3 is 2.27 bits per heavy atom. The van der Waals surface area contributed by atoms with Crippen LogP contribution in [0.25, 0.3) is 0 Å². The lowest BCUT2D eigenvalue weighted by Crippen LogP contribution is -1.99. The Kier molecular flexibility index (Phi) is 4.18. The number of hydrogen-bond acceptors (Lipinski definition) is 3. The third-order valence-electron chi connectivity index (χ3n) is 2.20. The van der Waals surface area contributed by atoms with Gasteiger partial charge in [0.05, 0.1) is 14.2 Å². The Balaban J connectivity index is 3.06. The standard InChI is InChI=1S/C12H16O3/c1-5-10(13-2)9-6-7-11(14-3)12(8-9)15-4/h5-8,10H,1H2,2-4H3. The molecule has 0 spiro atoms. The van der Waals surface area contributed by atoms with Gasteiger partial charge in [0.1, 0.15) is 6.10 Å². The van der Waals surface area contributed by atoms with Gasteiger partial charge in [0.2, 0.25) is 0 Å². The molecular formula is C12H16O3. The Labute approximate surface area is 90.3 Å². The fourth-order valence-corrected chi connectivity index (χ4v) is 1.40. The molecule has 0 amide bonds. The van der Waals surface area contributed by atoms with Crippen LogP contribution < -0.4 is 9.47 Å². The average molecular weight is 208 g/mol. The molecule has 3 heteroatoms. The van der Waals surface area contributed by atoms with E-state index in [1.54, 1.807) is 27.4 Å². The van der Waals surface area contributed by atoms with Gasteiger partial charge in [0, 0.05) is 7.11 Å². The Bertz CT molecular complexity index is 334. The predicted octanol–water partition coefficient (Wildman–Crippen LogP) is 2.58. The molecule has 0 aliphatic heterocycles. The molecule has 0 saturated carbocycles. The van der Waals surface area contributed by atoms with Crippen LogP contribution in [0.2, 0.25) is 0 Å². The van der Waals surface area contributed by atoms with Gasteiger partial charge in [-0.3, -0.25) is 0 Å². The van der Waals surface area contributed by atoms with Crippen LogP contribution in [0, 0.1) is 0 Å². The van der Waals surface area contributed by atoms with E-state index in [1.807, 2.05) is 18.2 Å². The first-order valence-corrected chi connectivity index (χ1v) is 4.64. The fraction of sp³-hybridized carbons (Fsp3) is 0.333. The minimum Gasteiger partial charge on any atom is -0.493 e. The Hall–Kier alpha value is -1.48. The van der Waals surface area contributed by atoms with Crippen molar-refractivity contribution < 1.29 is 14.2 Å². The fourth-order valence-electron chi connectivity index (χ4n) is 1.40. The zero-order valence-electron chi connectivity index (χ0n) is 9.32. The molecule has 0 aliphatic carbocycles. The van der Waals surface area contributed by atoms with Gasteiger partial charge in [-0.15, -0.1) is 6.58 Å². The van der Waals surface area contributed by atoms with Gasteiger partial charge in [0.15, 0.2) is 11.5 Å². The van der Waals surface area contributed by atoms with Crippen LogP contribution in [0.1, 0.15) is 11.7 Å². The van der Waals surface area contributed by atoms with E-state index in [4.69, 9.17) is 14.2 Å². The highest BCUT2D eigenvalue weighted by Gasteiger charge is 2.10. The summed E-state index contributed by atoms with van der Waals surface area (Å²) in [5.41, 5.74) is 0.991. The van der Waals surface area contributed by atoms with Gasteiger partial charge in [-0.25, -0.2) is 0 Å². The molecule has 3 nitrogen and oxygen atoms in total. The number of benzene rings is 1. The van der Waals surface area contributed by atoms with Crippen LogP contribution in [0.4, 0.5) is 0 Å². The summed E-state index contributed by atoms with van der Waals surface area (Å²) >= 11 is 0. The van der Waals surface area contributed by atoms with E-state index in [1.165, 1.54) is 0 Å². The smallest absolute Gasteiger partial charge is 0.161 e. The number of methoxy groups -OCH3 is 3. The molecule has 1 rings (SSSR count). The molecule has 1 aromatic rings. The molecule has 0 saturated heterocycles. The van der Waals surface area contributed by atoms with Crippen molar-refractivity contribution in [3.05, 3.63) is 36.4 Å². The van der Waals surface area contributed by atoms with Gasteiger partial charge in [-0.05, 0) is 17.7 Å². The summed E-state index contributed by atoms with van der Waals surface area (Å²) in [5.74, 6) is 1.40. The maximum Gasteiger partial charge on any atom is 0.161 e. The summed E-state index contributed by atoms with van der Waals surface area (Å²) < 4.78 is 15.6. The number of ether oxygens (including phenoxy) is 3. The van der Waals surface area contributed by atoms with Crippen molar-refractivity contribution in [3.63, 3.8) is 0 Å². The zero-order chi connectivity index (χ0) is 11.3. The molecule has 15 heavy (non-hydrogen) atoms. The second kappa shape index (κ2) is 5.41. The largest absolute Gasteiger partial charge is 0.493 e. The summed E-state index contributed by atoms with van der Waals surface area (Å²) in [7, 11) is 4.86.